The summed E-state index contributed by atoms with van der Waals surface area (Å²) in [5.74, 6) is 0. The fraction of sp³-hybridized carbons (Fsp3) is 0.100. The van der Waals surface area contributed by atoms with E-state index >= 15 is 0 Å². The van der Waals surface area contributed by atoms with E-state index in [1.807, 2.05) is 50.5 Å². The molecule has 184 valence electrons. The SMILES string of the molecule is CN(C)c1ccc(-c2ccnc(-c3cccc(-c4cc(-c5ccc(C(F)(F)F)cc5)ccn4)n3)c2)cc1. The maximum absolute atomic E-state index is 12.9. The standard InChI is InChI=1S/C30H23F3N4/c1-37(2)25-12-8-21(9-13-25)23-15-17-35-29(19-23)27-5-3-4-26(36-27)28-18-22(14-16-34-28)20-6-10-24(11-7-20)30(31,32)33/h3-19H,1-2H3. The maximum atomic E-state index is 12.9. The molecule has 0 N–H and O–H groups in total. The minimum atomic E-state index is -4.37. The van der Waals surface area contributed by atoms with Crippen LogP contribution in [0.4, 0.5) is 18.9 Å². The van der Waals surface area contributed by atoms with E-state index in [1.165, 1.54) is 12.1 Å². The molecule has 3 heterocycles. The van der Waals surface area contributed by atoms with E-state index in [0.717, 1.165) is 40.2 Å². The van der Waals surface area contributed by atoms with Gasteiger partial charge in [0.25, 0.3) is 0 Å². The third kappa shape index (κ3) is 5.35. The van der Waals surface area contributed by atoms with Crippen LogP contribution in [0.3, 0.4) is 0 Å². The minimum Gasteiger partial charge on any atom is -0.378 e. The summed E-state index contributed by atoms with van der Waals surface area (Å²) >= 11 is 0. The number of hydrogen-bond acceptors (Lipinski definition) is 4. The molecule has 0 amide bonds. The number of rotatable bonds is 5. The first-order valence-electron chi connectivity index (χ1n) is 11.6. The van der Waals surface area contributed by atoms with Crippen molar-refractivity contribution in [2.75, 3.05) is 19.0 Å². The Labute approximate surface area is 213 Å². The highest BCUT2D eigenvalue weighted by Gasteiger charge is 2.30. The van der Waals surface area contributed by atoms with Crippen LogP contribution < -0.4 is 4.90 Å². The number of benzene rings is 2. The second kappa shape index (κ2) is 9.85. The van der Waals surface area contributed by atoms with E-state index in [4.69, 9.17) is 4.98 Å². The first-order chi connectivity index (χ1) is 17.8. The van der Waals surface area contributed by atoms with Crippen molar-refractivity contribution in [1.29, 1.82) is 0 Å². The van der Waals surface area contributed by atoms with Crippen molar-refractivity contribution in [2.24, 2.45) is 0 Å². The van der Waals surface area contributed by atoms with E-state index < -0.39 is 11.7 Å². The van der Waals surface area contributed by atoms with E-state index in [-0.39, 0.29) is 0 Å². The number of hydrogen-bond donors (Lipinski definition) is 0. The molecule has 0 saturated heterocycles. The molecule has 2 aromatic carbocycles. The van der Waals surface area contributed by atoms with Crippen molar-refractivity contribution in [3.63, 3.8) is 0 Å². The zero-order chi connectivity index (χ0) is 26.0. The number of pyridine rings is 3. The lowest BCUT2D eigenvalue weighted by Gasteiger charge is -2.13. The minimum absolute atomic E-state index is 0.620. The molecule has 5 aromatic rings. The van der Waals surface area contributed by atoms with Gasteiger partial charge in [0.1, 0.15) is 0 Å². The van der Waals surface area contributed by atoms with Crippen molar-refractivity contribution in [2.45, 2.75) is 6.18 Å². The van der Waals surface area contributed by atoms with Crippen LogP contribution in [-0.4, -0.2) is 29.0 Å². The van der Waals surface area contributed by atoms with Gasteiger partial charge in [-0.3, -0.25) is 9.97 Å². The van der Waals surface area contributed by atoms with Gasteiger partial charge >= 0.3 is 6.18 Å². The molecule has 0 aliphatic carbocycles. The van der Waals surface area contributed by atoms with Crippen molar-refractivity contribution in [3.8, 4) is 45.0 Å². The third-order valence-electron chi connectivity index (χ3n) is 6.06. The summed E-state index contributed by atoms with van der Waals surface area (Å²) in [5.41, 5.74) is 6.68. The Morgan fingerprint density at radius 1 is 0.568 bits per heavy atom. The molecule has 0 bridgehead atoms. The maximum Gasteiger partial charge on any atom is 0.416 e. The second-order valence-corrected chi connectivity index (χ2v) is 8.78. The predicted molar refractivity (Wildman–Crippen MR) is 141 cm³/mol. The molecule has 0 spiro atoms. The summed E-state index contributed by atoms with van der Waals surface area (Å²) in [5, 5.41) is 0. The third-order valence-corrected chi connectivity index (χ3v) is 6.06. The van der Waals surface area contributed by atoms with Gasteiger partial charge in [0, 0.05) is 32.2 Å². The lowest BCUT2D eigenvalue weighted by Crippen LogP contribution is -2.07. The van der Waals surface area contributed by atoms with E-state index in [2.05, 4.69) is 39.1 Å². The molecule has 0 unspecified atom stereocenters. The average molecular weight is 497 g/mol. The van der Waals surface area contributed by atoms with Crippen molar-refractivity contribution >= 4 is 5.69 Å². The van der Waals surface area contributed by atoms with Crippen LogP contribution in [0.5, 0.6) is 0 Å². The quantitative estimate of drug-likeness (QED) is 0.251. The molecular formula is C30H23F3N4. The molecule has 0 aliphatic heterocycles. The lowest BCUT2D eigenvalue weighted by atomic mass is 10.0. The number of alkyl halides is 3. The van der Waals surface area contributed by atoms with Crippen LogP contribution in [0.1, 0.15) is 5.56 Å². The number of anilines is 1. The van der Waals surface area contributed by atoms with Crippen LogP contribution in [0.15, 0.2) is 103 Å². The molecule has 0 aliphatic rings. The van der Waals surface area contributed by atoms with Gasteiger partial charge in [-0.05, 0) is 82.9 Å². The summed E-state index contributed by atoms with van der Waals surface area (Å²) in [4.78, 5) is 15.8. The summed E-state index contributed by atoms with van der Waals surface area (Å²) in [7, 11) is 4.01. The Kier molecular flexibility index (Phi) is 6.44. The highest BCUT2D eigenvalue weighted by Crippen LogP contribution is 2.32. The van der Waals surface area contributed by atoms with Gasteiger partial charge < -0.3 is 4.90 Å². The van der Waals surface area contributed by atoms with Crippen molar-refractivity contribution < 1.29 is 13.2 Å². The van der Waals surface area contributed by atoms with Crippen LogP contribution in [0, 0.1) is 0 Å². The Bertz CT molecular complexity index is 1530. The zero-order valence-corrected chi connectivity index (χ0v) is 20.2. The lowest BCUT2D eigenvalue weighted by molar-refractivity contribution is -0.137. The molecule has 0 radical (unpaired) electrons. The van der Waals surface area contributed by atoms with E-state index in [1.54, 1.807) is 18.5 Å². The largest absolute Gasteiger partial charge is 0.416 e. The van der Waals surface area contributed by atoms with Crippen LogP contribution >= 0.6 is 0 Å². The van der Waals surface area contributed by atoms with Gasteiger partial charge in [0.05, 0.1) is 28.3 Å². The van der Waals surface area contributed by atoms with Gasteiger partial charge in [0.15, 0.2) is 0 Å². The summed E-state index contributed by atoms with van der Waals surface area (Å²) < 4.78 is 38.8. The summed E-state index contributed by atoms with van der Waals surface area (Å²) in [6.07, 6.45) is -0.970. The molecule has 0 fully saturated rings. The number of nitrogens with zero attached hydrogens (tertiary/aromatic N) is 4. The molecule has 3 aromatic heterocycles. The molecule has 0 atom stereocenters. The fourth-order valence-electron chi connectivity index (χ4n) is 4.02. The van der Waals surface area contributed by atoms with Crippen LogP contribution in [0.2, 0.25) is 0 Å². The highest BCUT2D eigenvalue weighted by molar-refractivity contribution is 5.73. The fourth-order valence-corrected chi connectivity index (χ4v) is 4.02. The Hall–Kier alpha value is -4.52. The van der Waals surface area contributed by atoms with Crippen molar-refractivity contribution in [1.82, 2.24) is 15.0 Å². The van der Waals surface area contributed by atoms with Gasteiger partial charge in [-0.15, -0.1) is 0 Å². The Morgan fingerprint density at radius 2 is 1.05 bits per heavy atom. The zero-order valence-electron chi connectivity index (χ0n) is 20.2. The Balaban J connectivity index is 1.44. The van der Waals surface area contributed by atoms with Crippen LogP contribution in [0.25, 0.3) is 45.0 Å². The van der Waals surface area contributed by atoms with E-state index in [9.17, 15) is 13.2 Å². The smallest absolute Gasteiger partial charge is 0.378 e. The average Bonchev–Trinajstić information content (AvgIpc) is 2.93. The second-order valence-electron chi connectivity index (χ2n) is 8.78. The normalized spacial score (nSPS) is 11.4. The van der Waals surface area contributed by atoms with E-state index in [0.29, 0.717) is 22.6 Å². The first-order valence-corrected chi connectivity index (χ1v) is 11.6. The van der Waals surface area contributed by atoms with Gasteiger partial charge in [-0.2, -0.15) is 13.2 Å². The molecular weight excluding hydrogens is 473 g/mol. The monoisotopic (exact) mass is 496 g/mol. The number of aromatic nitrogens is 3. The molecule has 0 saturated carbocycles. The Morgan fingerprint density at radius 3 is 1.51 bits per heavy atom. The summed E-state index contributed by atoms with van der Waals surface area (Å²) in [6, 6.07) is 26.6. The van der Waals surface area contributed by atoms with Gasteiger partial charge in [0.2, 0.25) is 0 Å². The molecule has 5 rings (SSSR count). The molecule has 37 heavy (non-hydrogen) atoms. The topological polar surface area (TPSA) is 41.9 Å². The highest BCUT2D eigenvalue weighted by atomic mass is 19.4. The molecule has 7 heteroatoms. The van der Waals surface area contributed by atoms with Crippen LogP contribution in [-0.2, 0) is 6.18 Å². The van der Waals surface area contributed by atoms with Crippen molar-refractivity contribution in [3.05, 3.63) is 109 Å². The summed E-state index contributed by atoms with van der Waals surface area (Å²) in [6.45, 7) is 0. The number of halogens is 3. The van der Waals surface area contributed by atoms with Gasteiger partial charge in [-0.25, -0.2) is 4.98 Å². The molecule has 4 nitrogen and oxygen atoms in total. The van der Waals surface area contributed by atoms with Gasteiger partial charge in [-0.1, -0.05) is 30.3 Å². The predicted octanol–water partition coefficient (Wildman–Crippen LogP) is 7.62. The first kappa shape index (κ1) is 24.2.